The van der Waals surface area contributed by atoms with Crippen LogP contribution in [0.1, 0.15) is 53.4 Å². The maximum absolute atomic E-state index is 13.3. The summed E-state index contributed by atoms with van der Waals surface area (Å²) in [6, 6.07) is -8.77. The molecule has 0 saturated heterocycles. The lowest BCUT2D eigenvalue weighted by molar-refractivity contribution is -0.147. The highest BCUT2D eigenvalue weighted by Gasteiger charge is 2.35. The molecule has 0 aromatic heterocycles. The van der Waals surface area contributed by atoms with Gasteiger partial charge in [0.2, 0.25) is 29.5 Å². The summed E-state index contributed by atoms with van der Waals surface area (Å²) in [6.45, 7) is 5.70. The van der Waals surface area contributed by atoms with Crippen molar-refractivity contribution in [2.75, 3.05) is 18.6 Å². The van der Waals surface area contributed by atoms with E-state index < -0.39 is 115 Å². The van der Waals surface area contributed by atoms with E-state index in [4.69, 9.17) is 15.9 Å². The molecule has 0 unspecified atom stereocenters. The number of carbonyl (C=O) groups excluding carboxylic acids is 5. The molecule has 0 aliphatic carbocycles. The molecule has 0 aromatic rings. The van der Waals surface area contributed by atoms with E-state index in [-0.39, 0.29) is 6.42 Å². The number of hydrogen-bond donors (Lipinski definition) is 10. The zero-order valence-corrected chi connectivity index (χ0v) is 27.2. The Morgan fingerprint density at radius 1 is 0.674 bits per heavy atom. The molecule has 0 radical (unpaired) electrons. The number of aliphatic carboxylic acids is 3. The maximum Gasteiger partial charge on any atom is 0.326 e. The van der Waals surface area contributed by atoms with Gasteiger partial charge < -0.3 is 52.7 Å². The number of carboxylic acids is 3. The first-order valence-corrected chi connectivity index (χ1v) is 15.8. The van der Waals surface area contributed by atoms with E-state index in [2.05, 4.69) is 26.6 Å². The average molecular weight is 679 g/mol. The van der Waals surface area contributed by atoms with Gasteiger partial charge in [0.05, 0.1) is 19.4 Å². The molecule has 0 fully saturated rings. The van der Waals surface area contributed by atoms with E-state index >= 15 is 0 Å². The van der Waals surface area contributed by atoms with Gasteiger partial charge in [0.1, 0.15) is 36.3 Å². The van der Waals surface area contributed by atoms with Crippen LogP contribution in [0.4, 0.5) is 0 Å². The smallest absolute Gasteiger partial charge is 0.326 e. The second-order valence-electron chi connectivity index (χ2n) is 10.9. The third-order valence-corrected chi connectivity index (χ3v) is 7.47. The van der Waals surface area contributed by atoms with Crippen molar-refractivity contribution in [1.82, 2.24) is 26.6 Å². The van der Waals surface area contributed by atoms with Crippen LogP contribution in [0.2, 0.25) is 0 Å². The van der Waals surface area contributed by atoms with Crippen molar-refractivity contribution in [3.63, 3.8) is 0 Å². The zero-order chi connectivity index (χ0) is 35.7. The predicted octanol–water partition coefficient (Wildman–Crippen LogP) is -2.78. The number of aliphatic hydroxyl groups is 1. The Hall–Kier alpha value is -3.97. The molecule has 19 heteroatoms. The summed E-state index contributed by atoms with van der Waals surface area (Å²) in [5.41, 5.74) is 5.52. The Balaban J connectivity index is 6.07. The van der Waals surface area contributed by atoms with Crippen molar-refractivity contribution in [2.24, 2.45) is 17.6 Å². The van der Waals surface area contributed by atoms with Crippen LogP contribution in [-0.2, 0) is 38.4 Å². The Morgan fingerprint density at radius 2 is 1.13 bits per heavy atom. The van der Waals surface area contributed by atoms with E-state index in [1.807, 2.05) is 0 Å². The van der Waals surface area contributed by atoms with Crippen molar-refractivity contribution in [3.8, 4) is 0 Å². The number of aliphatic hydroxyl groups excluding tert-OH is 1. The molecule has 0 heterocycles. The molecular formula is C27H46N6O12S. The largest absolute Gasteiger partial charge is 0.481 e. The zero-order valence-electron chi connectivity index (χ0n) is 26.4. The molecule has 7 atom stereocenters. The molecule has 0 aromatic carbocycles. The van der Waals surface area contributed by atoms with Gasteiger partial charge in [0.15, 0.2) is 0 Å². The first-order chi connectivity index (χ1) is 21.4. The summed E-state index contributed by atoms with van der Waals surface area (Å²) in [5.74, 6) is -10.0. The normalized spacial score (nSPS) is 15.6. The highest BCUT2D eigenvalue weighted by Crippen LogP contribution is 2.11. The van der Waals surface area contributed by atoms with E-state index in [0.29, 0.717) is 12.2 Å². The SMILES string of the molecule is CC[C@H](C)[C@H](NC(=O)[C@@H](N)CO)C(=O)N[C@@H](CC(=O)O)C(=O)N[C@@H](CCSC)C(=O)N[C@H](C(=O)N[C@@H](CC(=O)O)C(=O)O)C(C)C. The van der Waals surface area contributed by atoms with Crippen LogP contribution >= 0.6 is 11.8 Å². The van der Waals surface area contributed by atoms with E-state index in [0.717, 1.165) is 0 Å². The summed E-state index contributed by atoms with van der Waals surface area (Å²) in [4.78, 5) is 98.9. The fourth-order valence-corrected chi connectivity index (χ4v) is 4.36. The van der Waals surface area contributed by atoms with Crippen molar-refractivity contribution >= 4 is 59.2 Å². The number of carboxylic acid groups (broad SMARTS) is 3. The lowest BCUT2D eigenvalue weighted by Crippen LogP contribution is -2.61. The maximum atomic E-state index is 13.3. The van der Waals surface area contributed by atoms with Gasteiger partial charge in [-0.15, -0.1) is 0 Å². The Kier molecular flexibility index (Phi) is 19.1. The van der Waals surface area contributed by atoms with Crippen LogP contribution in [0, 0.1) is 11.8 Å². The topological polar surface area (TPSA) is 304 Å². The molecule has 5 amide bonds. The average Bonchev–Trinajstić information content (AvgIpc) is 2.97. The van der Waals surface area contributed by atoms with Crippen LogP contribution in [0.3, 0.4) is 0 Å². The fourth-order valence-electron chi connectivity index (χ4n) is 3.89. The van der Waals surface area contributed by atoms with Gasteiger partial charge in [-0.3, -0.25) is 33.6 Å². The highest BCUT2D eigenvalue weighted by atomic mass is 32.2. The molecule has 18 nitrogen and oxygen atoms in total. The number of carbonyl (C=O) groups is 8. The van der Waals surface area contributed by atoms with Crippen molar-refractivity contribution < 1.29 is 58.8 Å². The second kappa shape index (κ2) is 20.9. The number of nitrogens with two attached hydrogens (primary N) is 1. The Bertz CT molecular complexity index is 1110. The summed E-state index contributed by atoms with van der Waals surface area (Å²) in [7, 11) is 0. The molecule has 46 heavy (non-hydrogen) atoms. The minimum absolute atomic E-state index is 0.000274. The van der Waals surface area contributed by atoms with Crippen LogP contribution in [0.15, 0.2) is 0 Å². The minimum atomic E-state index is -1.78. The summed E-state index contributed by atoms with van der Waals surface area (Å²) in [6.07, 6.45) is 0.282. The number of amides is 5. The van der Waals surface area contributed by atoms with Gasteiger partial charge in [0.25, 0.3) is 0 Å². The molecule has 0 aliphatic rings. The summed E-state index contributed by atoms with van der Waals surface area (Å²) in [5, 5.41) is 48.4. The summed E-state index contributed by atoms with van der Waals surface area (Å²) < 4.78 is 0. The van der Waals surface area contributed by atoms with Gasteiger partial charge in [0, 0.05) is 0 Å². The van der Waals surface area contributed by atoms with E-state index in [1.165, 1.54) is 25.6 Å². The lowest BCUT2D eigenvalue weighted by atomic mass is 9.97. The van der Waals surface area contributed by atoms with Crippen LogP contribution in [0.25, 0.3) is 0 Å². The number of hydrogen-bond acceptors (Lipinski definition) is 11. The summed E-state index contributed by atoms with van der Waals surface area (Å²) >= 11 is 1.31. The molecular weight excluding hydrogens is 632 g/mol. The van der Waals surface area contributed by atoms with Gasteiger partial charge in [-0.05, 0) is 30.3 Å². The Morgan fingerprint density at radius 3 is 1.59 bits per heavy atom. The monoisotopic (exact) mass is 678 g/mol. The Labute approximate surface area is 270 Å². The molecule has 0 rings (SSSR count). The number of thioether (sulfide) groups is 1. The highest BCUT2D eigenvalue weighted by molar-refractivity contribution is 7.98. The predicted molar refractivity (Wildman–Crippen MR) is 164 cm³/mol. The lowest BCUT2D eigenvalue weighted by Gasteiger charge is -2.28. The number of rotatable bonds is 22. The molecule has 0 aliphatic heterocycles. The fraction of sp³-hybridized carbons (Fsp3) is 0.704. The van der Waals surface area contributed by atoms with E-state index in [9.17, 15) is 48.6 Å². The number of nitrogens with one attached hydrogen (secondary N) is 5. The molecule has 0 spiro atoms. The standard InChI is InChI=1S/C27H46N6O12S/c1-6-13(4)21(33-22(39)14(28)11-34)26(43)30-16(9-18(35)36)24(41)29-15(7-8-46-5)23(40)32-20(12(2)3)25(42)31-17(27(44)45)10-19(37)38/h12-17,20-21,34H,6-11,28H2,1-5H3,(H,29,41)(H,30,43)(H,31,42)(H,32,40)(H,33,39)(H,35,36)(H,37,38)(H,44,45)/t13-,14-,15-,16-,17-,20-,21-/m0/s1. The van der Waals surface area contributed by atoms with Crippen LogP contribution in [-0.4, -0.2) is 123 Å². The van der Waals surface area contributed by atoms with Crippen molar-refractivity contribution in [2.45, 2.75) is 89.6 Å². The van der Waals surface area contributed by atoms with Crippen molar-refractivity contribution in [3.05, 3.63) is 0 Å². The van der Waals surface area contributed by atoms with Crippen molar-refractivity contribution in [1.29, 1.82) is 0 Å². The first kappa shape index (κ1) is 42.0. The van der Waals surface area contributed by atoms with Gasteiger partial charge >= 0.3 is 17.9 Å². The molecule has 262 valence electrons. The molecule has 0 saturated carbocycles. The van der Waals surface area contributed by atoms with Crippen LogP contribution in [0.5, 0.6) is 0 Å². The molecule has 11 N–H and O–H groups in total. The third kappa shape index (κ3) is 14.9. The van der Waals surface area contributed by atoms with Gasteiger partial charge in [-0.25, -0.2) is 4.79 Å². The second-order valence-corrected chi connectivity index (χ2v) is 11.9. The minimum Gasteiger partial charge on any atom is -0.481 e. The van der Waals surface area contributed by atoms with Gasteiger partial charge in [-0.1, -0.05) is 34.1 Å². The molecule has 0 bridgehead atoms. The third-order valence-electron chi connectivity index (χ3n) is 6.82. The quantitative estimate of drug-likeness (QED) is 0.0554. The van der Waals surface area contributed by atoms with E-state index in [1.54, 1.807) is 20.1 Å². The van der Waals surface area contributed by atoms with Gasteiger partial charge in [-0.2, -0.15) is 11.8 Å². The van der Waals surface area contributed by atoms with Crippen LogP contribution < -0.4 is 32.3 Å². The first-order valence-electron chi connectivity index (χ1n) is 14.4.